The number of hydrogen-bond acceptors (Lipinski definition) is 2. The molecule has 14 rings (SSSR count). The summed E-state index contributed by atoms with van der Waals surface area (Å²) >= 11 is 0. The first kappa shape index (κ1) is 34.7. The summed E-state index contributed by atoms with van der Waals surface area (Å²) < 4.78 is 13.7. The predicted molar refractivity (Wildman–Crippen MR) is 265 cm³/mol. The molecule has 1 aliphatic rings. The molecule has 13 aromatic rings. The Bertz CT molecular complexity index is 4060. The zero-order chi connectivity index (χ0) is 41.6. The fourth-order valence-electron chi connectivity index (χ4n) is 11.4. The molecule has 0 bridgehead atoms. The second kappa shape index (κ2) is 12.6. The minimum atomic E-state index is -0.227. The molecule has 1 aliphatic carbocycles. The topological polar surface area (TPSA) is 26.3 Å². The van der Waals surface area contributed by atoms with E-state index in [1.807, 2.05) is 6.07 Å². The van der Waals surface area contributed by atoms with E-state index in [2.05, 4.69) is 202 Å². The summed E-state index contributed by atoms with van der Waals surface area (Å²) in [5.74, 6) is 0. The molecule has 2 heteroatoms. The zero-order valence-corrected chi connectivity index (χ0v) is 34.8. The fraction of sp³-hybridized carbons (Fsp3) is 0.0492. The molecular weight excluding hydrogens is 765 g/mol. The first-order chi connectivity index (χ1) is 31.0. The third kappa shape index (κ3) is 4.73. The minimum absolute atomic E-state index is 0.227. The normalized spacial score (nSPS) is 13.4. The van der Waals surface area contributed by atoms with Crippen LogP contribution in [0.2, 0.25) is 0 Å². The lowest BCUT2D eigenvalue weighted by Crippen LogP contribution is -2.15. The average molecular weight is 803 g/mol. The van der Waals surface area contributed by atoms with E-state index >= 15 is 0 Å². The lowest BCUT2D eigenvalue weighted by Gasteiger charge is -2.23. The van der Waals surface area contributed by atoms with Crippen molar-refractivity contribution in [3.05, 3.63) is 205 Å². The van der Waals surface area contributed by atoms with Crippen LogP contribution in [0.15, 0.2) is 203 Å². The lowest BCUT2D eigenvalue weighted by molar-refractivity contribution is 0.660. The number of fused-ring (bicyclic) bond motifs is 14. The first-order valence-corrected chi connectivity index (χ1v) is 21.9. The van der Waals surface area contributed by atoms with E-state index in [9.17, 15) is 0 Å². The van der Waals surface area contributed by atoms with E-state index in [4.69, 9.17) is 8.83 Å². The molecule has 2 aromatic heterocycles. The molecule has 0 saturated heterocycles. The highest BCUT2D eigenvalue weighted by Crippen LogP contribution is 2.54. The number of para-hydroxylation sites is 1. The molecule has 0 aliphatic heterocycles. The number of rotatable bonds is 3. The Kier molecular flexibility index (Phi) is 6.93. The second-order valence-corrected chi connectivity index (χ2v) is 17.9. The SMILES string of the molecule is CC1(C)c2ccc(-c3c4oc5c6ccccc6ccc5c4cc4oc5ccccc5c34)cc2-c2ccc(-c3c4ccccc4c(-c4cccc5ccccc45)c4ccccc34)cc21. The van der Waals surface area contributed by atoms with Crippen molar-refractivity contribution in [1.82, 2.24) is 0 Å². The van der Waals surface area contributed by atoms with Crippen LogP contribution >= 0.6 is 0 Å². The Morgan fingerprint density at radius 3 is 1.68 bits per heavy atom. The summed E-state index contributed by atoms with van der Waals surface area (Å²) in [7, 11) is 0. The maximum Gasteiger partial charge on any atom is 0.144 e. The summed E-state index contributed by atoms with van der Waals surface area (Å²) in [6.45, 7) is 4.77. The highest BCUT2D eigenvalue weighted by Gasteiger charge is 2.36. The number of benzene rings is 11. The van der Waals surface area contributed by atoms with Gasteiger partial charge in [-0.2, -0.15) is 0 Å². The molecule has 11 aromatic carbocycles. The van der Waals surface area contributed by atoms with Crippen molar-refractivity contribution < 1.29 is 8.83 Å². The van der Waals surface area contributed by atoms with Gasteiger partial charge in [-0.25, -0.2) is 0 Å². The molecule has 0 radical (unpaired) electrons. The maximum atomic E-state index is 7.06. The van der Waals surface area contributed by atoms with Crippen molar-refractivity contribution in [2.45, 2.75) is 19.3 Å². The number of furan rings is 2. The molecule has 63 heavy (non-hydrogen) atoms. The van der Waals surface area contributed by atoms with E-state index in [0.29, 0.717) is 0 Å². The van der Waals surface area contributed by atoms with Crippen LogP contribution in [-0.4, -0.2) is 0 Å². The van der Waals surface area contributed by atoms with Gasteiger partial charge in [0, 0.05) is 37.9 Å². The van der Waals surface area contributed by atoms with Gasteiger partial charge in [-0.1, -0.05) is 178 Å². The zero-order valence-electron chi connectivity index (χ0n) is 34.8. The smallest absolute Gasteiger partial charge is 0.144 e. The van der Waals surface area contributed by atoms with Crippen molar-refractivity contribution in [1.29, 1.82) is 0 Å². The van der Waals surface area contributed by atoms with Gasteiger partial charge >= 0.3 is 0 Å². The van der Waals surface area contributed by atoms with Gasteiger partial charge in [-0.05, 0) is 118 Å². The molecule has 0 atom stereocenters. The fourth-order valence-corrected chi connectivity index (χ4v) is 11.4. The molecule has 0 spiro atoms. The Balaban J connectivity index is 0.995. The van der Waals surface area contributed by atoms with E-state index in [1.165, 1.54) is 76.8 Å². The standard InChI is InChI=1S/C61H38O2/c1-61(2)51-31-28-37(56-58-48-23-11-12-25-53(48)62-54(58)34-50-47-30-26-36-15-4-6-18-40(36)59(47)63-60(50)56)32-49(51)41-29-27-38(33-52(41)61)55-43-19-7-9-21-45(43)57(46-22-10-8-20-44(46)55)42-24-13-16-35-14-3-5-17-39(35)42/h3-34H,1-2H3. The summed E-state index contributed by atoms with van der Waals surface area (Å²) in [5, 5.41) is 14.2. The first-order valence-electron chi connectivity index (χ1n) is 21.9. The van der Waals surface area contributed by atoms with Crippen LogP contribution in [0.4, 0.5) is 0 Å². The van der Waals surface area contributed by atoms with Crippen LogP contribution in [-0.2, 0) is 5.41 Å². The van der Waals surface area contributed by atoms with Crippen LogP contribution in [0, 0.1) is 0 Å². The highest BCUT2D eigenvalue weighted by molar-refractivity contribution is 6.26. The maximum absolute atomic E-state index is 7.06. The van der Waals surface area contributed by atoms with Crippen molar-refractivity contribution in [3.8, 4) is 44.5 Å². The van der Waals surface area contributed by atoms with Crippen LogP contribution in [0.1, 0.15) is 25.0 Å². The van der Waals surface area contributed by atoms with Gasteiger partial charge in [0.05, 0.1) is 0 Å². The van der Waals surface area contributed by atoms with E-state index < -0.39 is 0 Å². The van der Waals surface area contributed by atoms with Gasteiger partial charge in [-0.3, -0.25) is 0 Å². The Hall–Kier alpha value is -7.94. The van der Waals surface area contributed by atoms with Gasteiger partial charge in [-0.15, -0.1) is 0 Å². The van der Waals surface area contributed by atoms with E-state index in [0.717, 1.165) is 65.8 Å². The minimum Gasteiger partial charge on any atom is -0.456 e. The van der Waals surface area contributed by atoms with E-state index in [-0.39, 0.29) is 5.41 Å². The molecule has 0 amide bonds. The predicted octanol–water partition coefficient (Wildman–Crippen LogP) is 17.4. The van der Waals surface area contributed by atoms with Crippen molar-refractivity contribution in [3.63, 3.8) is 0 Å². The highest BCUT2D eigenvalue weighted by atomic mass is 16.3. The second-order valence-electron chi connectivity index (χ2n) is 17.9. The van der Waals surface area contributed by atoms with Crippen molar-refractivity contribution in [2.75, 3.05) is 0 Å². The van der Waals surface area contributed by atoms with Crippen molar-refractivity contribution >= 4 is 87.0 Å². The molecule has 0 unspecified atom stereocenters. The largest absolute Gasteiger partial charge is 0.456 e. The van der Waals surface area contributed by atoms with Crippen LogP contribution in [0.3, 0.4) is 0 Å². The Morgan fingerprint density at radius 1 is 0.317 bits per heavy atom. The Labute approximate surface area is 363 Å². The van der Waals surface area contributed by atoms with Gasteiger partial charge in [0.25, 0.3) is 0 Å². The van der Waals surface area contributed by atoms with E-state index in [1.54, 1.807) is 0 Å². The van der Waals surface area contributed by atoms with Crippen LogP contribution < -0.4 is 0 Å². The third-order valence-corrected chi connectivity index (χ3v) is 14.2. The molecule has 2 heterocycles. The number of hydrogen-bond donors (Lipinski definition) is 0. The quantitative estimate of drug-likeness (QED) is 0.166. The third-order valence-electron chi connectivity index (χ3n) is 14.2. The van der Waals surface area contributed by atoms with Gasteiger partial charge in [0.2, 0.25) is 0 Å². The molecular formula is C61H38O2. The monoisotopic (exact) mass is 802 g/mol. The lowest BCUT2D eigenvalue weighted by atomic mass is 9.80. The summed E-state index contributed by atoms with van der Waals surface area (Å²) in [6, 6.07) is 71.2. The molecule has 294 valence electrons. The van der Waals surface area contributed by atoms with Gasteiger partial charge < -0.3 is 8.83 Å². The van der Waals surface area contributed by atoms with Gasteiger partial charge in [0.1, 0.15) is 22.3 Å². The molecule has 2 nitrogen and oxygen atoms in total. The summed E-state index contributed by atoms with van der Waals surface area (Å²) in [6.07, 6.45) is 0. The van der Waals surface area contributed by atoms with Crippen LogP contribution in [0.5, 0.6) is 0 Å². The molecule has 0 saturated carbocycles. The molecule has 0 fully saturated rings. The molecule has 0 N–H and O–H groups in total. The Morgan fingerprint density at radius 2 is 0.921 bits per heavy atom. The van der Waals surface area contributed by atoms with Crippen LogP contribution in [0.25, 0.3) is 131 Å². The summed E-state index contributed by atoms with van der Waals surface area (Å²) in [4.78, 5) is 0. The summed E-state index contributed by atoms with van der Waals surface area (Å²) in [5.41, 5.74) is 15.8. The average Bonchev–Trinajstić information content (AvgIpc) is 3.96. The van der Waals surface area contributed by atoms with Crippen molar-refractivity contribution in [2.24, 2.45) is 0 Å². The van der Waals surface area contributed by atoms with Gasteiger partial charge in [0.15, 0.2) is 0 Å².